The predicted molar refractivity (Wildman–Crippen MR) is 121 cm³/mol. The Morgan fingerprint density at radius 1 is 1.00 bits per heavy atom. The number of nitrogens with one attached hydrogen (secondary N) is 1. The number of amides is 1. The van der Waals surface area contributed by atoms with Crippen LogP contribution < -0.4 is 10.9 Å². The molecule has 1 heterocycles. The fourth-order valence-corrected chi connectivity index (χ4v) is 4.13. The summed E-state index contributed by atoms with van der Waals surface area (Å²) < 4.78 is 53.7. The lowest BCUT2D eigenvalue weighted by Crippen LogP contribution is -2.26. The normalized spacial score (nSPS) is 11.5. The molecule has 0 fully saturated rings. The average Bonchev–Trinajstić information content (AvgIpc) is 2.81. The lowest BCUT2D eigenvalue weighted by Gasteiger charge is -2.13. The topological polar surface area (TPSA) is 64.0 Å². The number of hydrogen-bond donors (Lipinski definition) is 1. The number of benzene rings is 3. The quantitative estimate of drug-likeness (QED) is 0.238. The van der Waals surface area contributed by atoms with Gasteiger partial charge >= 0.3 is 6.18 Å². The van der Waals surface area contributed by atoms with Crippen LogP contribution in [0.15, 0.2) is 82.7 Å². The van der Waals surface area contributed by atoms with Crippen molar-refractivity contribution in [1.29, 1.82) is 0 Å². The zero-order valence-electron chi connectivity index (χ0n) is 17.5. The number of carbonyl (C=O) groups excluding carboxylic acids is 1. The van der Waals surface area contributed by atoms with E-state index in [1.807, 2.05) is 0 Å². The highest BCUT2D eigenvalue weighted by Crippen LogP contribution is 2.29. The third kappa shape index (κ3) is 5.28. The lowest BCUT2D eigenvalue weighted by molar-refractivity contribution is -0.137. The maximum absolute atomic E-state index is 13.8. The van der Waals surface area contributed by atoms with Crippen LogP contribution in [0.4, 0.5) is 17.6 Å². The summed E-state index contributed by atoms with van der Waals surface area (Å²) in [5, 5.41) is 3.09. The van der Waals surface area contributed by atoms with Crippen LogP contribution in [-0.2, 0) is 17.5 Å². The number of nitrogens with zero attached hydrogens (tertiary/aromatic N) is 2. The smallest absolute Gasteiger partial charge is 0.351 e. The van der Waals surface area contributed by atoms with Gasteiger partial charge in [-0.25, -0.2) is 9.37 Å². The first-order valence-corrected chi connectivity index (χ1v) is 11.0. The lowest BCUT2D eigenvalue weighted by atomic mass is 10.1. The third-order valence-electron chi connectivity index (χ3n) is 4.89. The van der Waals surface area contributed by atoms with E-state index in [-0.39, 0.29) is 23.1 Å². The minimum absolute atomic E-state index is 0.0921. The van der Waals surface area contributed by atoms with Gasteiger partial charge in [-0.05, 0) is 48.0 Å². The molecule has 0 aliphatic heterocycles. The zero-order valence-corrected chi connectivity index (χ0v) is 18.3. The molecule has 0 radical (unpaired) electrons. The molecule has 0 atom stereocenters. The Bertz CT molecular complexity index is 1420. The number of rotatable bonds is 6. The van der Waals surface area contributed by atoms with Gasteiger partial charge in [0.25, 0.3) is 5.56 Å². The van der Waals surface area contributed by atoms with Gasteiger partial charge in [0.2, 0.25) is 5.91 Å². The van der Waals surface area contributed by atoms with Crippen LogP contribution in [0.1, 0.15) is 11.1 Å². The first-order valence-electron chi connectivity index (χ1n) is 10.1. The second-order valence-electron chi connectivity index (χ2n) is 7.30. The molecule has 0 aliphatic carbocycles. The van der Waals surface area contributed by atoms with Crippen molar-refractivity contribution in [1.82, 2.24) is 14.9 Å². The molecule has 4 aromatic rings. The molecule has 0 saturated carbocycles. The predicted octanol–water partition coefficient (Wildman–Crippen LogP) is 4.95. The van der Waals surface area contributed by atoms with Crippen LogP contribution in [0.3, 0.4) is 0 Å². The van der Waals surface area contributed by atoms with E-state index < -0.39 is 29.0 Å². The summed E-state index contributed by atoms with van der Waals surface area (Å²) in [6.07, 6.45) is -4.47. The van der Waals surface area contributed by atoms with Crippen molar-refractivity contribution in [3.05, 3.63) is 100 Å². The van der Waals surface area contributed by atoms with Crippen molar-refractivity contribution in [2.24, 2.45) is 0 Å². The van der Waals surface area contributed by atoms with E-state index in [9.17, 15) is 27.2 Å². The number of para-hydroxylation sites is 1. The number of halogens is 4. The fraction of sp³-hybridized carbons (Fsp3) is 0.125. The van der Waals surface area contributed by atoms with Crippen LogP contribution in [0.2, 0.25) is 0 Å². The summed E-state index contributed by atoms with van der Waals surface area (Å²) in [5.41, 5.74) is -0.230. The molecule has 34 heavy (non-hydrogen) atoms. The molecule has 3 aromatic carbocycles. The van der Waals surface area contributed by atoms with Crippen LogP contribution in [0, 0.1) is 5.82 Å². The molecule has 10 heteroatoms. The molecule has 1 amide bonds. The monoisotopic (exact) mass is 487 g/mol. The summed E-state index contributed by atoms with van der Waals surface area (Å²) in [4.78, 5) is 30.0. The summed E-state index contributed by atoms with van der Waals surface area (Å²) in [7, 11) is 0. The molecular weight excluding hydrogens is 470 g/mol. The Labute approximate surface area is 195 Å². The Morgan fingerprint density at radius 2 is 1.76 bits per heavy atom. The van der Waals surface area contributed by atoms with Crippen LogP contribution >= 0.6 is 11.8 Å². The van der Waals surface area contributed by atoms with Crippen molar-refractivity contribution in [2.75, 3.05) is 5.75 Å². The van der Waals surface area contributed by atoms with E-state index in [4.69, 9.17) is 0 Å². The van der Waals surface area contributed by atoms with E-state index in [0.717, 1.165) is 23.9 Å². The molecular formula is C24H17F4N3O2S. The van der Waals surface area contributed by atoms with E-state index in [0.29, 0.717) is 16.5 Å². The Balaban J connectivity index is 1.55. The van der Waals surface area contributed by atoms with Gasteiger partial charge in [0.1, 0.15) is 5.82 Å². The molecule has 0 spiro atoms. The maximum atomic E-state index is 13.8. The van der Waals surface area contributed by atoms with Crippen molar-refractivity contribution in [3.63, 3.8) is 0 Å². The highest BCUT2D eigenvalue weighted by Gasteiger charge is 2.30. The van der Waals surface area contributed by atoms with Crippen molar-refractivity contribution in [3.8, 4) is 5.69 Å². The highest BCUT2D eigenvalue weighted by molar-refractivity contribution is 7.99. The van der Waals surface area contributed by atoms with Gasteiger partial charge in [-0.3, -0.25) is 14.2 Å². The molecule has 1 N–H and O–H groups in total. The summed E-state index contributed by atoms with van der Waals surface area (Å²) in [6, 6.07) is 16.8. The highest BCUT2D eigenvalue weighted by atomic mass is 32.2. The van der Waals surface area contributed by atoms with Crippen LogP contribution in [0.5, 0.6) is 0 Å². The molecule has 0 unspecified atom stereocenters. The zero-order chi connectivity index (χ0) is 24.3. The maximum Gasteiger partial charge on any atom is 0.416 e. The molecule has 1 aromatic heterocycles. The Hall–Kier alpha value is -3.66. The molecule has 0 saturated heterocycles. The van der Waals surface area contributed by atoms with Gasteiger partial charge in [-0.1, -0.05) is 42.1 Å². The number of aromatic nitrogens is 2. The van der Waals surface area contributed by atoms with E-state index >= 15 is 0 Å². The van der Waals surface area contributed by atoms with Gasteiger partial charge < -0.3 is 5.32 Å². The van der Waals surface area contributed by atoms with Crippen molar-refractivity contribution in [2.45, 2.75) is 17.9 Å². The minimum atomic E-state index is -4.47. The minimum Gasteiger partial charge on any atom is -0.351 e. The Morgan fingerprint density at radius 3 is 2.53 bits per heavy atom. The van der Waals surface area contributed by atoms with Gasteiger partial charge in [0, 0.05) is 6.54 Å². The first kappa shape index (κ1) is 23.5. The van der Waals surface area contributed by atoms with Gasteiger partial charge in [0.15, 0.2) is 5.16 Å². The number of hydrogen-bond acceptors (Lipinski definition) is 4. The largest absolute Gasteiger partial charge is 0.416 e. The first-order chi connectivity index (χ1) is 16.2. The van der Waals surface area contributed by atoms with Gasteiger partial charge in [-0.2, -0.15) is 13.2 Å². The second kappa shape index (κ2) is 9.68. The number of carbonyl (C=O) groups is 1. The average molecular weight is 487 g/mol. The SMILES string of the molecule is O=C(CSc1nc2ccccc2c(=O)n1-c1cccc(F)c1)NCc1cccc(C(F)(F)F)c1. The molecule has 0 bridgehead atoms. The number of thioether (sulfide) groups is 1. The van der Waals surface area contributed by atoms with Crippen LogP contribution in [0.25, 0.3) is 16.6 Å². The second-order valence-corrected chi connectivity index (χ2v) is 8.24. The van der Waals surface area contributed by atoms with E-state index in [1.54, 1.807) is 30.3 Å². The summed E-state index contributed by atoms with van der Waals surface area (Å²) in [5.74, 6) is -1.15. The van der Waals surface area contributed by atoms with Gasteiger partial charge in [0.05, 0.1) is 27.9 Å². The molecule has 174 valence electrons. The molecule has 0 aliphatic rings. The van der Waals surface area contributed by atoms with Crippen LogP contribution in [-0.4, -0.2) is 21.2 Å². The fourth-order valence-electron chi connectivity index (χ4n) is 3.29. The molecule has 5 nitrogen and oxygen atoms in total. The van der Waals surface area contributed by atoms with Gasteiger partial charge in [-0.15, -0.1) is 0 Å². The summed E-state index contributed by atoms with van der Waals surface area (Å²) in [6.45, 7) is -0.0921. The van der Waals surface area contributed by atoms with E-state index in [1.165, 1.54) is 34.9 Å². The summed E-state index contributed by atoms with van der Waals surface area (Å²) >= 11 is 0.965. The molecule has 4 rings (SSSR count). The van der Waals surface area contributed by atoms with E-state index in [2.05, 4.69) is 10.3 Å². The third-order valence-corrected chi connectivity index (χ3v) is 5.83. The number of alkyl halides is 3. The Kier molecular flexibility index (Phi) is 6.69. The standard InChI is InChI=1S/C24H17F4N3O2S/c25-17-7-4-8-18(12-17)31-22(33)19-9-1-2-10-20(19)30-23(31)34-14-21(32)29-13-15-5-3-6-16(11-15)24(26,27)28/h1-12H,13-14H2,(H,29,32). The van der Waals surface area contributed by atoms with Crippen molar-refractivity contribution < 1.29 is 22.4 Å². The van der Waals surface area contributed by atoms with Crippen molar-refractivity contribution >= 4 is 28.6 Å². The number of fused-ring (bicyclic) bond motifs is 1.